The summed E-state index contributed by atoms with van der Waals surface area (Å²) in [6, 6.07) is 10.5. The van der Waals surface area contributed by atoms with E-state index < -0.39 is 4.92 Å². The first-order valence-electron chi connectivity index (χ1n) is 5.78. The number of nitrogens with zero attached hydrogens (tertiary/aromatic N) is 1. The highest BCUT2D eigenvalue weighted by atomic mass is 16.6. The largest absolute Gasteiger partial charge is 0.265 e. The number of hydrogen-bond acceptors (Lipinski definition) is 2. The van der Waals surface area contributed by atoms with Crippen LogP contribution in [0.15, 0.2) is 30.3 Å². The lowest BCUT2D eigenvalue weighted by atomic mass is 10.2. The first kappa shape index (κ1) is 20.1. The molecule has 0 fully saturated rings. The van der Waals surface area contributed by atoms with Gasteiger partial charge in [0.1, 0.15) is 0 Å². The fourth-order valence-electron chi connectivity index (χ4n) is 0.714. The SMILES string of the molecule is CC.CC.CCc1ccccc1.C[N+](=O)[O-]. The number of hydrogen-bond donors (Lipinski definition) is 0. The first-order valence-corrected chi connectivity index (χ1v) is 5.78. The predicted molar refractivity (Wildman–Crippen MR) is 71.4 cm³/mol. The normalized spacial score (nSPS) is 6.88. The summed E-state index contributed by atoms with van der Waals surface area (Å²) in [6.45, 7) is 10.2. The van der Waals surface area contributed by atoms with Gasteiger partial charge in [0, 0.05) is 4.92 Å². The lowest BCUT2D eigenvalue weighted by molar-refractivity contribution is -0.445. The van der Waals surface area contributed by atoms with Crippen molar-refractivity contribution in [2.75, 3.05) is 7.05 Å². The van der Waals surface area contributed by atoms with Gasteiger partial charge in [0.05, 0.1) is 0 Å². The van der Waals surface area contributed by atoms with Gasteiger partial charge in [-0.05, 0) is 12.0 Å². The molecule has 0 aliphatic heterocycles. The van der Waals surface area contributed by atoms with Gasteiger partial charge < -0.3 is 0 Å². The van der Waals surface area contributed by atoms with Gasteiger partial charge in [0.2, 0.25) is 0 Å². The summed E-state index contributed by atoms with van der Waals surface area (Å²) in [5.41, 5.74) is 1.41. The molecule has 0 N–H and O–H groups in total. The fraction of sp³-hybridized carbons (Fsp3) is 0.538. The van der Waals surface area contributed by atoms with Crippen molar-refractivity contribution in [1.29, 1.82) is 0 Å². The van der Waals surface area contributed by atoms with Gasteiger partial charge in [-0.25, -0.2) is 0 Å². The lowest BCUT2D eigenvalue weighted by Gasteiger charge is -1.89. The summed E-state index contributed by atoms with van der Waals surface area (Å²) in [4.78, 5) is 8.31. The molecule has 1 aromatic carbocycles. The van der Waals surface area contributed by atoms with E-state index in [1.165, 1.54) is 5.56 Å². The molecule has 0 bridgehead atoms. The second kappa shape index (κ2) is 19.2. The molecule has 94 valence electrons. The molecule has 0 aromatic heterocycles. The van der Waals surface area contributed by atoms with Gasteiger partial charge in [-0.3, -0.25) is 10.1 Å². The van der Waals surface area contributed by atoms with E-state index >= 15 is 0 Å². The molecule has 0 unspecified atom stereocenters. The zero-order valence-electron chi connectivity index (χ0n) is 11.4. The molecule has 0 heterocycles. The van der Waals surface area contributed by atoms with Gasteiger partial charge in [0.25, 0.3) is 0 Å². The minimum Gasteiger partial charge on any atom is -0.265 e. The molecule has 0 atom stereocenters. The van der Waals surface area contributed by atoms with Crippen LogP contribution in [0.4, 0.5) is 0 Å². The van der Waals surface area contributed by atoms with Gasteiger partial charge in [-0.15, -0.1) is 0 Å². The Morgan fingerprint density at radius 2 is 1.38 bits per heavy atom. The average molecular weight is 227 g/mol. The van der Waals surface area contributed by atoms with Crippen LogP contribution in [-0.4, -0.2) is 12.0 Å². The number of benzene rings is 1. The zero-order chi connectivity index (χ0) is 13.4. The van der Waals surface area contributed by atoms with E-state index in [1.807, 2.05) is 33.8 Å². The van der Waals surface area contributed by atoms with Crippen LogP contribution in [-0.2, 0) is 6.42 Å². The van der Waals surface area contributed by atoms with Crippen LogP contribution in [0.25, 0.3) is 0 Å². The van der Waals surface area contributed by atoms with E-state index in [0.29, 0.717) is 0 Å². The number of nitro groups is 1. The summed E-state index contributed by atoms with van der Waals surface area (Å²) in [5, 5.41) is 8.81. The Morgan fingerprint density at radius 3 is 1.56 bits per heavy atom. The molecule has 0 aliphatic carbocycles. The molecule has 1 rings (SSSR count). The van der Waals surface area contributed by atoms with Crippen molar-refractivity contribution in [3.8, 4) is 0 Å². The Labute approximate surface area is 99.7 Å². The Kier molecular flexibility index (Phi) is 24.1. The third kappa shape index (κ3) is 22.9. The average Bonchev–Trinajstić information content (AvgIpc) is 2.34. The number of aryl methyl sites for hydroxylation is 1. The van der Waals surface area contributed by atoms with Crippen molar-refractivity contribution >= 4 is 0 Å². The highest BCUT2D eigenvalue weighted by Gasteiger charge is 1.79. The van der Waals surface area contributed by atoms with Crippen molar-refractivity contribution in [3.05, 3.63) is 46.0 Å². The topological polar surface area (TPSA) is 43.1 Å². The summed E-state index contributed by atoms with van der Waals surface area (Å²) in [7, 11) is 0.889. The summed E-state index contributed by atoms with van der Waals surface area (Å²) >= 11 is 0. The van der Waals surface area contributed by atoms with Crippen LogP contribution in [0.5, 0.6) is 0 Å². The van der Waals surface area contributed by atoms with Crippen LogP contribution >= 0.6 is 0 Å². The van der Waals surface area contributed by atoms with Crippen molar-refractivity contribution in [2.24, 2.45) is 0 Å². The second-order valence-electron chi connectivity index (χ2n) is 2.28. The van der Waals surface area contributed by atoms with Crippen LogP contribution in [0.1, 0.15) is 40.2 Å². The molecule has 16 heavy (non-hydrogen) atoms. The lowest BCUT2D eigenvalue weighted by Crippen LogP contribution is -1.79. The van der Waals surface area contributed by atoms with E-state index in [1.54, 1.807) is 0 Å². The van der Waals surface area contributed by atoms with Crippen molar-refractivity contribution < 1.29 is 4.92 Å². The molecule has 3 heteroatoms. The van der Waals surface area contributed by atoms with E-state index in [2.05, 4.69) is 31.2 Å². The van der Waals surface area contributed by atoms with Crippen molar-refractivity contribution in [3.63, 3.8) is 0 Å². The maximum absolute atomic E-state index is 8.81. The van der Waals surface area contributed by atoms with E-state index in [9.17, 15) is 0 Å². The predicted octanol–water partition coefficient (Wildman–Crippen LogP) is 4.19. The summed E-state index contributed by atoms with van der Waals surface area (Å²) < 4.78 is 0. The first-order chi connectivity index (χ1) is 7.66. The summed E-state index contributed by atoms with van der Waals surface area (Å²) in [6.07, 6.45) is 1.14. The number of rotatable bonds is 1. The summed E-state index contributed by atoms with van der Waals surface area (Å²) in [5.74, 6) is 0. The molecule has 0 saturated carbocycles. The molecule has 0 spiro atoms. The molecule has 0 saturated heterocycles. The van der Waals surface area contributed by atoms with Gasteiger partial charge in [-0.1, -0.05) is 65.0 Å². The Morgan fingerprint density at radius 1 is 1.06 bits per heavy atom. The van der Waals surface area contributed by atoms with Gasteiger partial charge in [0.15, 0.2) is 7.05 Å². The van der Waals surface area contributed by atoms with Crippen molar-refractivity contribution in [1.82, 2.24) is 0 Å². The smallest absolute Gasteiger partial charge is 0.194 e. The molecule has 3 nitrogen and oxygen atoms in total. The zero-order valence-corrected chi connectivity index (χ0v) is 11.4. The Hall–Kier alpha value is -1.38. The molecule has 1 aromatic rings. The van der Waals surface area contributed by atoms with Crippen molar-refractivity contribution in [2.45, 2.75) is 41.0 Å². The Bertz CT molecular complexity index is 219. The van der Waals surface area contributed by atoms with E-state index in [4.69, 9.17) is 10.1 Å². The maximum atomic E-state index is 8.81. The molecule has 0 amide bonds. The van der Waals surface area contributed by atoms with Crippen LogP contribution in [0.3, 0.4) is 0 Å². The van der Waals surface area contributed by atoms with Crippen LogP contribution in [0, 0.1) is 10.1 Å². The quantitative estimate of drug-likeness (QED) is 0.533. The molecule has 0 aliphatic rings. The van der Waals surface area contributed by atoms with Crippen LogP contribution in [0.2, 0.25) is 0 Å². The highest BCUT2D eigenvalue weighted by molar-refractivity contribution is 5.13. The standard InChI is InChI=1S/C8H10.2C2H6.CH3NO2/c1-2-8-6-4-3-5-7-8;2*1-2;1-2(3)4/h3-7H,2H2,1H3;2*1-2H3;1H3. The minimum atomic E-state index is -0.500. The molecule has 0 radical (unpaired) electrons. The van der Waals surface area contributed by atoms with E-state index in [0.717, 1.165) is 13.5 Å². The minimum absolute atomic E-state index is 0.500. The monoisotopic (exact) mass is 227 g/mol. The maximum Gasteiger partial charge on any atom is 0.194 e. The highest BCUT2D eigenvalue weighted by Crippen LogP contribution is 1.96. The van der Waals surface area contributed by atoms with Gasteiger partial charge >= 0.3 is 0 Å². The second-order valence-corrected chi connectivity index (χ2v) is 2.28. The van der Waals surface area contributed by atoms with Crippen LogP contribution < -0.4 is 0 Å². The third-order valence-corrected chi connectivity index (χ3v) is 1.25. The van der Waals surface area contributed by atoms with E-state index in [-0.39, 0.29) is 0 Å². The van der Waals surface area contributed by atoms with Gasteiger partial charge in [-0.2, -0.15) is 0 Å². The third-order valence-electron chi connectivity index (χ3n) is 1.25. The molecular formula is C13H25NO2. The Balaban J connectivity index is -0.000000181. The molecular weight excluding hydrogens is 202 g/mol. The fourth-order valence-corrected chi connectivity index (χ4v) is 0.714.